The zero-order valence-electron chi connectivity index (χ0n) is 11.9. The topological polar surface area (TPSA) is 27.7 Å². The lowest BCUT2D eigenvalue weighted by molar-refractivity contribution is 0.0823. The summed E-state index contributed by atoms with van der Waals surface area (Å²) < 4.78 is 5.03. The summed E-state index contributed by atoms with van der Waals surface area (Å²) >= 11 is 0. The van der Waals surface area contributed by atoms with E-state index in [2.05, 4.69) is 35.9 Å². The van der Waals surface area contributed by atoms with Gasteiger partial charge in [0, 0.05) is 58.5 Å². The Kier molecular flexibility index (Phi) is 7.04. The van der Waals surface area contributed by atoms with Crippen LogP contribution < -0.4 is 5.32 Å². The van der Waals surface area contributed by atoms with Crippen molar-refractivity contribution in [2.75, 3.05) is 53.0 Å². The molecule has 1 atom stereocenters. The molecule has 0 amide bonds. The molecular formula is C13H29N3O. The first-order valence-electron chi connectivity index (χ1n) is 6.83. The maximum Gasteiger partial charge on any atom is 0.0587 e. The summed E-state index contributed by atoms with van der Waals surface area (Å²) in [5.74, 6) is 0. The molecule has 1 unspecified atom stereocenters. The number of rotatable bonds is 7. The predicted octanol–water partition coefficient (Wildman–Crippen LogP) is 0.637. The van der Waals surface area contributed by atoms with Crippen LogP contribution in [0.25, 0.3) is 0 Å². The van der Waals surface area contributed by atoms with Gasteiger partial charge < -0.3 is 10.1 Å². The molecule has 4 nitrogen and oxygen atoms in total. The second-order valence-electron chi connectivity index (χ2n) is 5.21. The average molecular weight is 243 g/mol. The number of hydrogen-bond donors (Lipinski definition) is 1. The first-order valence-corrected chi connectivity index (χ1v) is 6.83. The Labute approximate surface area is 106 Å². The Morgan fingerprint density at radius 3 is 2.18 bits per heavy atom. The van der Waals surface area contributed by atoms with Gasteiger partial charge in [-0.3, -0.25) is 9.80 Å². The average Bonchev–Trinajstić information content (AvgIpc) is 2.34. The normalized spacial score (nSPS) is 21.0. The zero-order chi connectivity index (χ0) is 12.7. The summed E-state index contributed by atoms with van der Waals surface area (Å²) in [7, 11) is 1.75. The quantitative estimate of drug-likeness (QED) is 0.664. The van der Waals surface area contributed by atoms with Gasteiger partial charge in [-0.1, -0.05) is 0 Å². The summed E-state index contributed by atoms with van der Waals surface area (Å²) in [6, 6.07) is 1.31. The third-order valence-corrected chi connectivity index (χ3v) is 3.63. The van der Waals surface area contributed by atoms with E-state index in [9.17, 15) is 0 Å². The fourth-order valence-corrected chi connectivity index (χ4v) is 2.31. The van der Waals surface area contributed by atoms with E-state index in [4.69, 9.17) is 4.74 Å². The minimum Gasteiger partial charge on any atom is -0.383 e. The highest BCUT2D eigenvalue weighted by atomic mass is 16.5. The van der Waals surface area contributed by atoms with Gasteiger partial charge in [0.05, 0.1) is 6.61 Å². The molecule has 0 radical (unpaired) electrons. The van der Waals surface area contributed by atoms with Crippen molar-refractivity contribution in [2.24, 2.45) is 0 Å². The molecule has 0 saturated carbocycles. The highest BCUT2D eigenvalue weighted by molar-refractivity contribution is 4.78. The Balaban J connectivity index is 2.14. The molecule has 0 aromatic rings. The molecule has 0 aromatic carbocycles. The van der Waals surface area contributed by atoms with Crippen LogP contribution in [0.1, 0.15) is 20.8 Å². The van der Waals surface area contributed by atoms with E-state index in [1.165, 1.54) is 26.2 Å². The van der Waals surface area contributed by atoms with Gasteiger partial charge in [0.15, 0.2) is 0 Å². The van der Waals surface area contributed by atoms with Crippen LogP contribution in [0.5, 0.6) is 0 Å². The Morgan fingerprint density at radius 1 is 1.06 bits per heavy atom. The van der Waals surface area contributed by atoms with Gasteiger partial charge in [0.25, 0.3) is 0 Å². The van der Waals surface area contributed by atoms with Gasteiger partial charge in [-0.05, 0) is 20.8 Å². The van der Waals surface area contributed by atoms with Crippen LogP contribution in [0, 0.1) is 0 Å². The Morgan fingerprint density at radius 2 is 1.65 bits per heavy atom. The molecule has 102 valence electrons. The third kappa shape index (κ3) is 5.34. The van der Waals surface area contributed by atoms with Crippen LogP contribution in [0.3, 0.4) is 0 Å². The van der Waals surface area contributed by atoms with E-state index in [1.54, 1.807) is 7.11 Å². The Bertz CT molecular complexity index is 191. The molecular weight excluding hydrogens is 214 g/mol. The first kappa shape index (κ1) is 14.9. The molecule has 0 aliphatic carbocycles. The molecule has 1 aliphatic rings. The highest BCUT2D eigenvalue weighted by Gasteiger charge is 2.21. The van der Waals surface area contributed by atoms with Crippen LogP contribution in [0.15, 0.2) is 0 Å². The summed E-state index contributed by atoms with van der Waals surface area (Å²) in [6.07, 6.45) is 0. The lowest BCUT2D eigenvalue weighted by Gasteiger charge is -2.39. The minimum absolute atomic E-state index is 0.626. The fraction of sp³-hybridized carbons (Fsp3) is 1.00. The molecule has 0 bridgehead atoms. The summed E-state index contributed by atoms with van der Waals surface area (Å²) in [5.41, 5.74) is 0. The van der Waals surface area contributed by atoms with E-state index in [-0.39, 0.29) is 0 Å². The van der Waals surface area contributed by atoms with E-state index in [0.717, 1.165) is 19.7 Å². The molecule has 1 fully saturated rings. The molecule has 17 heavy (non-hydrogen) atoms. The smallest absolute Gasteiger partial charge is 0.0587 e. The lowest BCUT2D eigenvalue weighted by atomic mass is 10.2. The SMILES string of the molecule is COCCNCC(C)N1CCN(C(C)C)CC1. The number of nitrogens with zero attached hydrogens (tertiary/aromatic N) is 2. The van der Waals surface area contributed by atoms with Gasteiger partial charge in [-0.25, -0.2) is 0 Å². The molecule has 1 rings (SSSR count). The number of nitrogens with one attached hydrogen (secondary N) is 1. The molecule has 1 heterocycles. The number of hydrogen-bond acceptors (Lipinski definition) is 4. The van der Waals surface area contributed by atoms with Crippen molar-refractivity contribution in [3.05, 3.63) is 0 Å². The number of methoxy groups -OCH3 is 1. The van der Waals surface area contributed by atoms with Gasteiger partial charge >= 0.3 is 0 Å². The van der Waals surface area contributed by atoms with Crippen molar-refractivity contribution in [2.45, 2.75) is 32.9 Å². The van der Waals surface area contributed by atoms with Gasteiger partial charge in [0.1, 0.15) is 0 Å². The molecule has 1 saturated heterocycles. The van der Waals surface area contributed by atoms with Crippen LogP contribution in [0.4, 0.5) is 0 Å². The summed E-state index contributed by atoms with van der Waals surface area (Å²) in [5, 5.41) is 3.44. The molecule has 0 spiro atoms. The third-order valence-electron chi connectivity index (χ3n) is 3.63. The van der Waals surface area contributed by atoms with Crippen LogP contribution in [0.2, 0.25) is 0 Å². The minimum atomic E-state index is 0.626. The Hall–Kier alpha value is -0.160. The summed E-state index contributed by atoms with van der Waals surface area (Å²) in [6.45, 7) is 14.5. The standard InChI is InChI=1S/C13H29N3O/c1-12(2)15-6-8-16(9-7-15)13(3)11-14-5-10-17-4/h12-14H,5-11H2,1-4H3. The molecule has 0 aromatic heterocycles. The molecule has 4 heteroatoms. The van der Waals surface area contributed by atoms with Crippen LogP contribution in [-0.4, -0.2) is 74.9 Å². The number of ether oxygens (including phenoxy) is 1. The summed E-state index contributed by atoms with van der Waals surface area (Å²) in [4.78, 5) is 5.14. The van der Waals surface area contributed by atoms with Gasteiger partial charge in [-0.2, -0.15) is 0 Å². The predicted molar refractivity (Wildman–Crippen MR) is 72.5 cm³/mol. The van der Waals surface area contributed by atoms with Gasteiger partial charge in [0.2, 0.25) is 0 Å². The van der Waals surface area contributed by atoms with Crippen LogP contribution >= 0.6 is 0 Å². The highest BCUT2D eigenvalue weighted by Crippen LogP contribution is 2.08. The zero-order valence-corrected chi connectivity index (χ0v) is 11.9. The maximum absolute atomic E-state index is 5.03. The van der Waals surface area contributed by atoms with Crippen molar-refractivity contribution in [1.82, 2.24) is 15.1 Å². The van der Waals surface area contributed by atoms with Crippen molar-refractivity contribution in [3.63, 3.8) is 0 Å². The van der Waals surface area contributed by atoms with E-state index in [1.807, 2.05) is 0 Å². The maximum atomic E-state index is 5.03. The lowest BCUT2D eigenvalue weighted by Crippen LogP contribution is -2.53. The van der Waals surface area contributed by atoms with Crippen molar-refractivity contribution in [3.8, 4) is 0 Å². The largest absolute Gasteiger partial charge is 0.383 e. The van der Waals surface area contributed by atoms with Crippen molar-refractivity contribution >= 4 is 0 Å². The fourth-order valence-electron chi connectivity index (χ4n) is 2.31. The van der Waals surface area contributed by atoms with Crippen LogP contribution in [-0.2, 0) is 4.74 Å². The molecule has 1 aliphatic heterocycles. The van der Waals surface area contributed by atoms with Gasteiger partial charge in [-0.15, -0.1) is 0 Å². The second kappa shape index (κ2) is 8.03. The number of piperazine rings is 1. The van der Waals surface area contributed by atoms with Crippen molar-refractivity contribution < 1.29 is 4.74 Å². The first-order chi connectivity index (χ1) is 8.15. The van der Waals surface area contributed by atoms with E-state index < -0.39 is 0 Å². The van der Waals surface area contributed by atoms with E-state index >= 15 is 0 Å². The second-order valence-corrected chi connectivity index (χ2v) is 5.21. The monoisotopic (exact) mass is 243 g/mol. The molecule has 1 N–H and O–H groups in total. The van der Waals surface area contributed by atoms with Crippen molar-refractivity contribution in [1.29, 1.82) is 0 Å². The van der Waals surface area contributed by atoms with E-state index in [0.29, 0.717) is 12.1 Å².